The maximum Gasteiger partial charge on any atom is 0.360 e. The quantitative estimate of drug-likeness (QED) is 0.574. The molecule has 0 unspecified atom stereocenters. The van der Waals surface area contributed by atoms with E-state index < -0.39 is 20.7 Å². The highest BCUT2D eigenvalue weighted by Crippen LogP contribution is 2.61. The van der Waals surface area contributed by atoms with Gasteiger partial charge in [0.05, 0.1) is 0 Å². The summed E-state index contributed by atoms with van der Waals surface area (Å²) >= 11 is 0. The number of aromatic nitrogens is 1. The van der Waals surface area contributed by atoms with Crippen molar-refractivity contribution in [1.29, 1.82) is 0 Å². The van der Waals surface area contributed by atoms with Gasteiger partial charge in [0, 0.05) is 13.2 Å². The van der Waals surface area contributed by atoms with E-state index >= 15 is 0 Å². The summed E-state index contributed by atoms with van der Waals surface area (Å²) in [7, 11) is -8.83. The molecule has 17 heavy (non-hydrogen) atoms. The molecule has 0 aromatic carbocycles. The normalized spacial score (nSPS) is 12.8. The highest BCUT2D eigenvalue weighted by atomic mass is 31.2. The van der Waals surface area contributed by atoms with Crippen LogP contribution in [0.2, 0.25) is 0 Å². The molecule has 4 N–H and O–H groups in total. The van der Waals surface area contributed by atoms with Gasteiger partial charge in [-0.2, -0.15) is 0 Å². The SMILES string of the molecule is CN(c1ccccn1)C(P(=O)(O)O)P(=O)(O)O. The van der Waals surface area contributed by atoms with Gasteiger partial charge in [-0.25, -0.2) is 4.98 Å². The summed E-state index contributed by atoms with van der Waals surface area (Å²) in [6.45, 7) is 0. The first kappa shape index (κ1) is 14.3. The fourth-order valence-corrected chi connectivity index (χ4v) is 4.03. The van der Waals surface area contributed by atoms with Crippen LogP contribution in [0.1, 0.15) is 0 Å². The number of pyridine rings is 1. The van der Waals surface area contributed by atoms with Gasteiger partial charge in [0.25, 0.3) is 0 Å². The zero-order chi connectivity index (χ0) is 13.3. The van der Waals surface area contributed by atoms with Crippen LogP contribution in [0, 0.1) is 0 Å². The number of hydrogen-bond acceptors (Lipinski definition) is 4. The fraction of sp³-hybridized carbons (Fsp3) is 0.286. The van der Waals surface area contributed by atoms with E-state index in [1.54, 1.807) is 6.07 Å². The topological polar surface area (TPSA) is 131 Å². The zero-order valence-corrected chi connectivity index (χ0v) is 10.6. The lowest BCUT2D eigenvalue weighted by atomic mass is 10.4. The Bertz CT molecular complexity index is 447. The molecule has 0 atom stereocenters. The van der Waals surface area contributed by atoms with Crippen LogP contribution in [0.4, 0.5) is 5.82 Å². The molecular formula is C7H12N2O6P2. The molecule has 1 rings (SSSR count). The van der Waals surface area contributed by atoms with Crippen LogP contribution in [0.5, 0.6) is 0 Å². The summed E-state index contributed by atoms with van der Waals surface area (Å²) in [6.07, 6.45) is 1.35. The van der Waals surface area contributed by atoms with Crippen LogP contribution >= 0.6 is 15.2 Å². The molecule has 1 aromatic heterocycles. The molecule has 0 aliphatic heterocycles. The van der Waals surface area contributed by atoms with Crippen molar-refractivity contribution in [2.45, 2.75) is 5.52 Å². The summed E-state index contributed by atoms with van der Waals surface area (Å²) in [5.41, 5.74) is -2.23. The molecule has 0 bridgehead atoms. The van der Waals surface area contributed by atoms with Crippen molar-refractivity contribution in [3.63, 3.8) is 0 Å². The lowest BCUT2D eigenvalue weighted by molar-refractivity contribution is 0.337. The van der Waals surface area contributed by atoms with E-state index in [1.165, 1.54) is 18.3 Å². The molecule has 10 heteroatoms. The van der Waals surface area contributed by atoms with Gasteiger partial charge in [0.2, 0.25) is 5.52 Å². The predicted molar refractivity (Wildman–Crippen MR) is 60.5 cm³/mol. The molecule has 96 valence electrons. The smallest absolute Gasteiger partial charge is 0.335 e. The Kier molecular flexibility index (Phi) is 4.09. The van der Waals surface area contributed by atoms with Crippen molar-refractivity contribution < 1.29 is 28.7 Å². The maximum atomic E-state index is 11.1. The average molecular weight is 282 g/mol. The second-order valence-corrected chi connectivity index (χ2v) is 7.07. The van der Waals surface area contributed by atoms with Crippen LogP contribution in [-0.2, 0) is 9.13 Å². The van der Waals surface area contributed by atoms with Gasteiger partial charge in [-0.3, -0.25) is 9.13 Å². The molecule has 1 heterocycles. The molecule has 0 spiro atoms. The summed E-state index contributed by atoms with van der Waals surface area (Å²) in [6, 6.07) is 4.49. The monoisotopic (exact) mass is 282 g/mol. The minimum atomic E-state index is -5.00. The van der Waals surface area contributed by atoms with E-state index in [9.17, 15) is 9.13 Å². The van der Waals surface area contributed by atoms with Gasteiger partial charge in [-0.05, 0) is 12.1 Å². The minimum Gasteiger partial charge on any atom is -0.335 e. The van der Waals surface area contributed by atoms with Crippen molar-refractivity contribution >= 4 is 21.0 Å². The summed E-state index contributed by atoms with van der Waals surface area (Å²) in [4.78, 5) is 40.5. The first-order valence-electron chi connectivity index (χ1n) is 4.38. The third-order valence-corrected chi connectivity index (χ3v) is 5.66. The van der Waals surface area contributed by atoms with Gasteiger partial charge in [0.15, 0.2) is 0 Å². The molecule has 1 aromatic rings. The third kappa shape index (κ3) is 3.61. The second-order valence-electron chi connectivity index (χ2n) is 3.32. The Balaban J connectivity index is 3.18. The van der Waals surface area contributed by atoms with Crippen molar-refractivity contribution in [1.82, 2.24) is 4.98 Å². The molecule has 0 radical (unpaired) electrons. The Labute approximate surface area is 97.2 Å². The third-order valence-electron chi connectivity index (χ3n) is 1.96. The number of rotatable bonds is 4. The van der Waals surface area contributed by atoms with Crippen LogP contribution in [-0.4, -0.2) is 37.1 Å². The maximum absolute atomic E-state index is 11.1. The second kappa shape index (κ2) is 4.86. The Morgan fingerprint density at radius 2 is 1.71 bits per heavy atom. The summed E-state index contributed by atoms with van der Waals surface area (Å²) < 4.78 is 22.3. The average Bonchev–Trinajstić information content (AvgIpc) is 2.14. The molecule has 0 saturated carbocycles. The lowest BCUT2D eigenvalue weighted by Gasteiger charge is -2.29. The van der Waals surface area contributed by atoms with E-state index in [1.807, 2.05) is 0 Å². The standard InChI is InChI=1S/C7H12N2O6P2/c1-9(6-4-2-3-5-8-6)7(16(10,11)12)17(13,14)15/h2-5,7H,1H3,(H2,10,11,12)(H2,13,14,15). The van der Waals surface area contributed by atoms with E-state index in [-0.39, 0.29) is 5.82 Å². The molecule has 8 nitrogen and oxygen atoms in total. The van der Waals surface area contributed by atoms with Gasteiger partial charge < -0.3 is 24.5 Å². The number of anilines is 1. The molecule has 0 amide bonds. The molecule has 0 aliphatic carbocycles. The number of hydrogen-bond donors (Lipinski definition) is 4. The lowest BCUT2D eigenvalue weighted by Crippen LogP contribution is -2.32. The van der Waals surface area contributed by atoms with Gasteiger partial charge >= 0.3 is 15.2 Å². The van der Waals surface area contributed by atoms with Crippen molar-refractivity contribution in [2.75, 3.05) is 11.9 Å². The van der Waals surface area contributed by atoms with Crippen molar-refractivity contribution in [3.05, 3.63) is 24.4 Å². The van der Waals surface area contributed by atoms with Gasteiger partial charge in [0.1, 0.15) is 5.82 Å². The predicted octanol–water partition coefficient (Wildman–Crippen LogP) is 0.157. The molecular weight excluding hydrogens is 270 g/mol. The largest absolute Gasteiger partial charge is 0.360 e. The molecule has 0 saturated heterocycles. The zero-order valence-electron chi connectivity index (χ0n) is 8.78. The first-order valence-corrected chi connectivity index (χ1v) is 7.74. The van der Waals surface area contributed by atoms with Crippen molar-refractivity contribution in [3.8, 4) is 0 Å². The minimum absolute atomic E-state index is 0.0594. The number of nitrogens with zero attached hydrogens (tertiary/aromatic N) is 2. The molecule has 0 aliphatic rings. The van der Waals surface area contributed by atoms with Crippen LogP contribution in [0.15, 0.2) is 24.4 Å². The van der Waals surface area contributed by atoms with E-state index in [4.69, 9.17) is 19.6 Å². The highest BCUT2D eigenvalue weighted by Gasteiger charge is 2.47. The van der Waals surface area contributed by atoms with E-state index in [0.29, 0.717) is 0 Å². The Hall–Kier alpha value is -0.750. The van der Waals surface area contributed by atoms with Crippen molar-refractivity contribution in [2.24, 2.45) is 0 Å². The summed E-state index contributed by atoms with van der Waals surface area (Å²) in [5, 5.41) is 0. The first-order chi connectivity index (χ1) is 7.64. The highest BCUT2D eigenvalue weighted by molar-refractivity contribution is 7.71. The van der Waals surface area contributed by atoms with E-state index in [2.05, 4.69) is 4.98 Å². The van der Waals surface area contributed by atoms with Crippen LogP contribution in [0.3, 0.4) is 0 Å². The van der Waals surface area contributed by atoms with Crippen LogP contribution in [0.25, 0.3) is 0 Å². The Morgan fingerprint density at radius 1 is 1.18 bits per heavy atom. The fourth-order valence-electron chi connectivity index (χ4n) is 1.33. The van der Waals surface area contributed by atoms with Gasteiger partial charge in [-0.1, -0.05) is 6.07 Å². The van der Waals surface area contributed by atoms with E-state index in [0.717, 1.165) is 11.9 Å². The summed E-state index contributed by atoms with van der Waals surface area (Å²) in [5.74, 6) is 0.0594. The molecule has 0 fully saturated rings. The van der Waals surface area contributed by atoms with Gasteiger partial charge in [-0.15, -0.1) is 0 Å². The van der Waals surface area contributed by atoms with Crippen LogP contribution < -0.4 is 4.90 Å². The Morgan fingerprint density at radius 3 is 2.06 bits per heavy atom.